The molecule has 2 N–H and O–H groups in total. The third kappa shape index (κ3) is 5.49. The van der Waals surface area contributed by atoms with Crippen molar-refractivity contribution >= 4 is 11.5 Å². The molecule has 2 aromatic rings. The fraction of sp³-hybridized carbons (Fsp3) is 0.348. The molecule has 1 aliphatic rings. The molecular formula is C23H25F2NO4. The van der Waals surface area contributed by atoms with Crippen LogP contribution in [0, 0.1) is 0 Å². The molecule has 5 nitrogen and oxygen atoms in total. The van der Waals surface area contributed by atoms with E-state index in [0.717, 1.165) is 43.1 Å². The molecule has 0 atom stereocenters. The number of phenols is 1. The van der Waals surface area contributed by atoms with Gasteiger partial charge >= 0.3 is 6.61 Å². The van der Waals surface area contributed by atoms with Gasteiger partial charge in [-0.05, 0) is 66.5 Å². The Kier molecular flexibility index (Phi) is 7.27. The molecular weight excluding hydrogens is 392 g/mol. The first-order valence-electron chi connectivity index (χ1n) is 9.88. The molecule has 3 rings (SSSR count). The van der Waals surface area contributed by atoms with Crippen molar-refractivity contribution in [3.8, 4) is 11.5 Å². The summed E-state index contributed by atoms with van der Waals surface area (Å²) >= 11 is 0. The van der Waals surface area contributed by atoms with Crippen molar-refractivity contribution in [1.29, 1.82) is 0 Å². The summed E-state index contributed by atoms with van der Waals surface area (Å²) in [5.74, 6) is -0.116. The Morgan fingerprint density at radius 1 is 1.17 bits per heavy atom. The topological polar surface area (TPSA) is 67.8 Å². The molecule has 0 bridgehead atoms. The summed E-state index contributed by atoms with van der Waals surface area (Å²) in [7, 11) is 1.46. The summed E-state index contributed by atoms with van der Waals surface area (Å²) in [4.78, 5) is 12.7. The van der Waals surface area contributed by atoms with Crippen LogP contribution in [0.2, 0.25) is 0 Å². The summed E-state index contributed by atoms with van der Waals surface area (Å²) < 4.78 is 34.5. The smallest absolute Gasteiger partial charge is 0.386 e. The zero-order valence-electron chi connectivity index (χ0n) is 16.8. The number of carbonyl (C=O) groups is 1. The number of benzene rings is 2. The Labute approximate surface area is 174 Å². The van der Waals surface area contributed by atoms with Gasteiger partial charge in [0.05, 0.1) is 12.7 Å². The van der Waals surface area contributed by atoms with E-state index < -0.39 is 12.5 Å². The number of carbonyl (C=O) groups excluding carboxylic acids is 1. The Bertz CT molecular complexity index is 927. The third-order valence-electron chi connectivity index (χ3n) is 5.14. The summed E-state index contributed by atoms with van der Waals surface area (Å²) in [5.41, 5.74) is 3.79. The second-order valence-electron chi connectivity index (χ2n) is 7.13. The van der Waals surface area contributed by atoms with E-state index in [4.69, 9.17) is 4.74 Å². The van der Waals surface area contributed by atoms with Crippen LogP contribution < -0.4 is 10.1 Å². The number of rotatable bonds is 8. The van der Waals surface area contributed by atoms with Crippen LogP contribution in [-0.2, 0) is 28.8 Å². The molecule has 2 aromatic carbocycles. The minimum atomic E-state index is -3.01. The van der Waals surface area contributed by atoms with Gasteiger partial charge in [-0.15, -0.1) is 0 Å². The van der Waals surface area contributed by atoms with Crippen molar-refractivity contribution in [1.82, 2.24) is 5.32 Å². The number of methoxy groups -OCH3 is 1. The molecule has 0 saturated heterocycles. The number of hydrogen-bond donors (Lipinski definition) is 2. The lowest BCUT2D eigenvalue weighted by molar-refractivity contribution is -0.116. The molecule has 0 spiro atoms. The highest BCUT2D eigenvalue weighted by molar-refractivity contribution is 6.19. The molecule has 0 aliphatic heterocycles. The minimum absolute atomic E-state index is 0.0151. The number of nitrogens with one attached hydrogen (secondary N) is 1. The molecule has 160 valence electrons. The van der Waals surface area contributed by atoms with Crippen LogP contribution in [0.1, 0.15) is 35.1 Å². The molecule has 0 unspecified atom stereocenters. The highest BCUT2D eigenvalue weighted by atomic mass is 19.3. The average molecular weight is 417 g/mol. The molecule has 0 fully saturated rings. The minimum Gasteiger partial charge on any atom is -0.504 e. The fourth-order valence-electron chi connectivity index (χ4n) is 3.58. The predicted molar refractivity (Wildman–Crippen MR) is 110 cm³/mol. The van der Waals surface area contributed by atoms with E-state index in [1.807, 2.05) is 12.1 Å². The predicted octanol–water partition coefficient (Wildman–Crippen LogP) is 4.22. The van der Waals surface area contributed by atoms with Gasteiger partial charge in [0.15, 0.2) is 11.5 Å². The standard InChI is InChI=1S/C23H25F2NO4/c1-29-21-9-6-15(12-20(21)27)10-11-26-22(28)19(14-30-23(24)25)18-8-7-16-4-2-3-5-17(16)13-18/h6-9,12-14,23,27H,2-5,10-11H2,1H3,(H,26,28). The highest BCUT2D eigenvalue weighted by Crippen LogP contribution is 2.27. The second kappa shape index (κ2) is 10.1. The van der Waals surface area contributed by atoms with Crippen LogP contribution in [-0.4, -0.2) is 31.3 Å². The largest absolute Gasteiger partial charge is 0.504 e. The van der Waals surface area contributed by atoms with Crippen molar-refractivity contribution in [3.05, 3.63) is 64.9 Å². The first kappa shape index (κ1) is 21.6. The van der Waals surface area contributed by atoms with Gasteiger partial charge in [-0.2, -0.15) is 8.78 Å². The third-order valence-corrected chi connectivity index (χ3v) is 5.14. The quantitative estimate of drug-likeness (QED) is 0.499. The van der Waals surface area contributed by atoms with E-state index >= 15 is 0 Å². The fourth-order valence-corrected chi connectivity index (χ4v) is 3.58. The van der Waals surface area contributed by atoms with Crippen molar-refractivity contribution < 1.29 is 28.2 Å². The highest BCUT2D eigenvalue weighted by Gasteiger charge is 2.17. The van der Waals surface area contributed by atoms with Gasteiger partial charge in [0.1, 0.15) is 6.26 Å². The number of fused-ring (bicyclic) bond motifs is 1. The Hall–Kier alpha value is -3.09. The van der Waals surface area contributed by atoms with Gasteiger partial charge < -0.3 is 19.9 Å². The van der Waals surface area contributed by atoms with Crippen LogP contribution in [0.4, 0.5) is 8.78 Å². The summed E-state index contributed by atoms with van der Waals surface area (Å²) in [6.07, 6.45) is 5.38. The van der Waals surface area contributed by atoms with Gasteiger partial charge in [-0.3, -0.25) is 4.79 Å². The second-order valence-corrected chi connectivity index (χ2v) is 7.13. The average Bonchev–Trinajstić information content (AvgIpc) is 2.73. The van der Waals surface area contributed by atoms with Crippen LogP contribution in [0.25, 0.3) is 5.57 Å². The van der Waals surface area contributed by atoms with Gasteiger partial charge in [-0.1, -0.05) is 24.3 Å². The first-order chi connectivity index (χ1) is 14.5. The molecule has 0 heterocycles. The number of phenolic OH excluding ortho intramolecular Hbond substituents is 1. The van der Waals surface area contributed by atoms with Crippen molar-refractivity contribution in [3.63, 3.8) is 0 Å². The zero-order chi connectivity index (χ0) is 21.5. The SMILES string of the molecule is COc1ccc(CCNC(=O)C(=COC(F)F)c2ccc3c(c2)CCCC3)cc1O. The lowest BCUT2D eigenvalue weighted by Crippen LogP contribution is -2.27. The van der Waals surface area contributed by atoms with Crippen LogP contribution in [0.15, 0.2) is 42.7 Å². The molecule has 0 radical (unpaired) electrons. The van der Waals surface area contributed by atoms with Crippen LogP contribution in [0.3, 0.4) is 0 Å². The van der Waals surface area contributed by atoms with Crippen molar-refractivity contribution in [2.24, 2.45) is 0 Å². The number of amides is 1. The van der Waals surface area contributed by atoms with Crippen molar-refractivity contribution in [2.45, 2.75) is 38.7 Å². The number of aromatic hydroxyl groups is 1. The molecule has 0 aromatic heterocycles. The van der Waals surface area contributed by atoms with E-state index in [0.29, 0.717) is 17.7 Å². The normalized spacial score (nSPS) is 13.7. The number of halogens is 2. The van der Waals surface area contributed by atoms with E-state index in [9.17, 15) is 18.7 Å². The van der Waals surface area contributed by atoms with E-state index in [2.05, 4.69) is 10.1 Å². The number of ether oxygens (including phenoxy) is 2. The lowest BCUT2D eigenvalue weighted by atomic mass is 9.89. The van der Waals surface area contributed by atoms with Crippen LogP contribution >= 0.6 is 0 Å². The summed E-state index contributed by atoms with van der Waals surface area (Å²) in [5, 5.41) is 12.6. The molecule has 30 heavy (non-hydrogen) atoms. The lowest BCUT2D eigenvalue weighted by Gasteiger charge is -2.17. The Balaban J connectivity index is 1.70. The van der Waals surface area contributed by atoms with Gasteiger partial charge in [0.25, 0.3) is 5.91 Å². The number of hydrogen-bond acceptors (Lipinski definition) is 4. The Morgan fingerprint density at radius 2 is 1.93 bits per heavy atom. The van der Waals surface area contributed by atoms with E-state index in [1.165, 1.54) is 12.7 Å². The first-order valence-corrected chi connectivity index (χ1v) is 9.88. The number of alkyl halides is 2. The Morgan fingerprint density at radius 3 is 2.63 bits per heavy atom. The maximum absolute atomic E-state index is 12.7. The summed E-state index contributed by atoms with van der Waals surface area (Å²) in [6, 6.07) is 10.6. The molecule has 7 heteroatoms. The zero-order valence-corrected chi connectivity index (χ0v) is 16.8. The molecule has 1 aliphatic carbocycles. The van der Waals surface area contributed by atoms with Gasteiger partial charge in [-0.25, -0.2) is 0 Å². The molecule has 1 amide bonds. The maximum atomic E-state index is 12.7. The van der Waals surface area contributed by atoms with E-state index in [1.54, 1.807) is 24.3 Å². The van der Waals surface area contributed by atoms with Crippen molar-refractivity contribution in [2.75, 3.05) is 13.7 Å². The van der Waals surface area contributed by atoms with Gasteiger partial charge in [0, 0.05) is 6.54 Å². The maximum Gasteiger partial charge on any atom is 0.386 e. The van der Waals surface area contributed by atoms with Crippen LogP contribution in [0.5, 0.6) is 11.5 Å². The summed E-state index contributed by atoms with van der Waals surface area (Å²) in [6.45, 7) is -2.74. The van der Waals surface area contributed by atoms with Gasteiger partial charge in [0.2, 0.25) is 0 Å². The monoisotopic (exact) mass is 417 g/mol. The molecule has 0 saturated carbocycles. The number of aryl methyl sites for hydroxylation is 2. The van der Waals surface area contributed by atoms with E-state index in [-0.39, 0.29) is 17.9 Å².